The van der Waals surface area contributed by atoms with Crippen LogP contribution in [0, 0.1) is 0 Å². The van der Waals surface area contributed by atoms with Crippen molar-refractivity contribution in [2.75, 3.05) is 6.54 Å². The van der Waals surface area contributed by atoms with Gasteiger partial charge in [0.2, 0.25) is 0 Å². The summed E-state index contributed by atoms with van der Waals surface area (Å²) in [5.41, 5.74) is 3.82. The largest absolute Gasteiger partial charge is 0.472 e. The number of nitrogens with one attached hydrogen (secondary N) is 1. The molecular formula is C15H18N2O2. The van der Waals surface area contributed by atoms with E-state index in [2.05, 4.69) is 5.32 Å². The van der Waals surface area contributed by atoms with Gasteiger partial charge >= 0.3 is 0 Å². The van der Waals surface area contributed by atoms with E-state index in [0.717, 1.165) is 38.0 Å². The van der Waals surface area contributed by atoms with Crippen LogP contribution in [-0.4, -0.2) is 11.1 Å². The summed E-state index contributed by atoms with van der Waals surface area (Å²) in [4.78, 5) is 11.9. The molecule has 0 fully saturated rings. The molecule has 0 bridgehead atoms. The van der Waals surface area contributed by atoms with Gasteiger partial charge in [-0.2, -0.15) is 0 Å². The maximum atomic E-state index is 11.9. The zero-order valence-corrected chi connectivity index (χ0v) is 10.9. The summed E-state index contributed by atoms with van der Waals surface area (Å²) in [6.45, 7) is 2.31. The molecular weight excluding hydrogens is 240 g/mol. The molecule has 2 aromatic rings. The summed E-state index contributed by atoms with van der Waals surface area (Å²) in [6.07, 6.45) is 6.72. The lowest BCUT2D eigenvalue weighted by atomic mass is 10.2. The van der Waals surface area contributed by atoms with Crippen LogP contribution in [0.4, 0.5) is 0 Å². The summed E-state index contributed by atoms with van der Waals surface area (Å²) >= 11 is 0. The zero-order chi connectivity index (χ0) is 13.1. The van der Waals surface area contributed by atoms with Crippen molar-refractivity contribution in [2.24, 2.45) is 0 Å². The monoisotopic (exact) mass is 258 g/mol. The van der Waals surface area contributed by atoms with Crippen molar-refractivity contribution in [1.29, 1.82) is 0 Å². The van der Waals surface area contributed by atoms with Crippen LogP contribution < -0.4 is 10.9 Å². The predicted octanol–water partition coefficient (Wildman–Crippen LogP) is 1.72. The smallest absolute Gasteiger partial charge is 0.250 e. The lowest BCUT2D eigenvalue weighted by Crippen LogP contribution is -2.28. The molecule has 19 heavy (non-hydrogen) atoms. The molecule has 1 aliphatic rings. The Balaban J connectivity index is 1.61. The molecule has 0 aliphatic heterocycles. The van der Waals surface area contributed by atoms with Gasteiger partial charge in [0.1, 0.15) is 0 Å². The van der Waals surface area contributed by atoms with Crippen LogP contribution in [0.1, 0.15) is 23.2 Å². The Morgan fingerprint density at radius 1 is 1.26 bits per heavy atom. The third kappa shape index (κ3) is 2.63. The molecule has 2 heterocycles. The van der Waals surface area contributed by atoms with Crippen molar-refractivity contribution in [2.45, 2.75) is 32.4 Å². The van der Waals surface area contributed by atoms with Crippen molar-refractivity contribution in [1.82, 2.24) is 9.88 Å². The summed E-state index contributed by atoms with van der Waals surface area (Å²) in [5, 5.41) is 3.33. The molecule has 0 saturated carbocycles. The second kappa shape index (κ2) is 5.45. The minimum absolute atomic E-state index is 0.116. The summed E-state index contributed by atoms with van der Waals surface area (Å²) in [7, 11) is 0. The molecule has 3 rings (SSSR count). The first kappa shape index (κ1) is 12.2. The number of hydrogen-bond acceptors (Lipinski definition) is 3. The van der Waals surface area contributed by atoms with Crippen LogP contribution in [0.2, 0.25) is 0 Å². The molecule has 100 valence electrons. The Labute approximate surface area is 112 Å². The number of rotatable bonds is 5. The fraction of sp³-hybridized carbons (Fsp3) is 0.400. The van der Waals surface area contributed by atoms with E-state index in [1.165, 1.54) is 17.7 Å². The number of aromatic nitrogens is 1. The number of aryl methyl sites for hydroxylation is 1. The number of fused-ring (bicyclic) bond motifs is 1. The Kier molecular flexibility index (Phi) is 3.51. The van der Waals surface area contributed by atoms with Gasteiger partial charge in [0.05, 0.1) is 12.5 Å². The first-order chi connectivity index (χ1) is 9.34. The molecule has 0 spiro atoms. The van der Waals surface area contributed by atoms with Crippen molar-refractivity contribution in [3.63, 3.8) is 0 Å². The van der Waals surface area contributed by atoms with Gasteiger partial charge in [0.25, 0.3) is 5.56 Å². The van der Waals surface area contributed by atoms with E-state index in [-0.39, 0.29) is 5.56 Å². The highest BCUT2D eigenvalue weighted by molar-refractivity contribution is 5.25. The van der Waals surface area contributed by atoms with Crippen molar-refractivity contribution >= 4 is 0 Å². The molecule has 4 heteroatoms. The molecule has 0 radical (unpaired) electrons. The molecule has 4 nitrogen and oxygen atoms in total. The van der Waals surface area contributed by atoms with Gasteiger partial charge < -0.3 is 14.3 Å². The molecule has 0 unspecified atom stereocenters. The lowest BCUT2D eigenvalue weighted by molar-refractivity contribution is 0.550. The van der Waals surface area contributed by atoms with Crippen LogP contribution >= 0.6 is 0 Å². The van der Waals surface area contributed by atoms with Crippen molar-refractivity contribution in [3.8, 4) is 0 Å². The maximum Gasteiger partial charge on any atom is 0.250 e. The average molecular weight is 258 g/mol. The van der Waals surface area contributed by atoms with Gasteiger partial charge in [-0.05, 0) is 30.9 Å². The van der Waals surface area contributed by atoms with E-state index in [1.807, 2.05) is 16.7 Å². The van der Waals surface area contributed by atoms with Crippen LogP contribution in [-0.2, 0) is 25.9 Å². The zero-order valence-electron chi connectivity index (χ0n) is 10.9. The summed E-state index contributed by atoms with van der Waals surface area (Å²) in [5.74, 6) is 0. The van der Waals surface area contributed by atoms with Crippen LogP contribution in [0.3, 0.4) is 0 Å². The number of hydrogen-bond donors (Lipinski definition) is 1. The van der Waals surface area contributed by atoms with E-state index >= 15 is 0 Å². The minimum atomic E-state index is 0.116. The molecule has 1 N–H and O–H groups in total. The molecule has 0 amide bonds. The van der Waals surface area contributed by atoms with Crippen LogP contribution in [0.5, 0.6) is 0 Å². The van der Waals surface area contributed by atoms with Crippen LogP contribution in [0.15, 0.2) is 39.9 Å². The van der Waals surface area contributed by atoms with Gasteiger partial charge in [-0.1, -0.05) is 6.07 Å². The second-order valence-electron chi connectivity index (χ2n) is 4.96. The second-order valence-corrected chi connectivity index (χ2v) is 4.96. The van der Waals surface area contributed by atoms with Gasteiger partial charge in [0, 0.05) is 37.0 Å². The number of furan rings is 1. The molecule has 2 aromatic heterocycles. The van der Waals surface area contributed by atoms with Crippen molar-refractivity contribution in [3.05, 3.63) is 57.9 Å². The fourth-order valence-electron chi connectivity index (χ4n) is 2.70. The highest BCUT2D eigenvalue weighted by atomic mass is 16.3. The maximum absolute atomic E-state index is 11.9. The Morgan fingerprint density at radius 3 is 3.05 bits per heavy atom. The van der Waals surface area contributed by atoms with E-state index in [1.54, 1.807) is 18.6 Å². The van der Waals surface area contributed by atoms with Gasteiger partial charge in [0.15, 0.2) is 0 Å². The average Bonchev–Trinajstić information content (AvgIpc) is 3.07. The lowest BCUT2D eigenvalue weighted by Gasteiger charge is -2.12. The van der Waals surface area contributed by atoms with Crippen LogP contribution in [0.25, 0.3) is 0 Å². The summed E-state index contributed by atoms with van der Waals surface area (Å²) in [6, 6.07) is 5.62. The Bertz CT molecular complexity index is 599. The molecule has 0 saturated heterocycles. The molecule has 0 aromatic carbocycles. The normalized spacial score (nSPS) is 13.7. The van der Waals surface area contributed by atoms with Crippen molar-refractivity contribution < 1.29 is 4.42 Å². The SMILES string of the molecule is O=c1ccc2c(n1CCNCc1ccoc1)CCC2. The minimum Gasteiger partial charge on any atom is -0.472 e. The summed E-state index contributed by atoms with van der Waals surface area (Å²) < 4.78 is 6.94. The highest BCUT2D eigenvalue weighted by Gasteiger charge is 2.15. The van der Waals surface area contributed by atoms with E-state index in [4.69, 9.17) is 4.42 Å². The van der Waals surface area contributed by atoms with E-state index < -0.39 is 0 Å². The van der Waals surface area contributed by atoms with Gasteiger partial charge in [-0.15, -0.1) is 0 Å². The standard InChI is InChI=1S/C15H18N2O2/c18-15-5-4-13-2-1-3-14(13)17(15)8-7-16-10-12-6-9-19-11-12/h4-6,9,11,16H,1-3,7-8,10H2. The van der Waals surface area contributed by atoms with E-state index in [9.17, 15) is 4.79 Å². The first-order valence-electron chi connectivity index (χ1n) is 6.78. The number of nitrogens with zero attached hydrogens (tertiary/aromatic N) is 1. The quantitative estimate of drug-likeness (QED) is 0.831. The fourth-order valence-corrected chi connectivity index (χ4v) is 2.70. The third-order valence-electron chi connectivity index (χ3n) is 3.67. The Morgan fingerprint density at radius 2 is 2.21 bits per heavy atom. The topological polar surface area (TPSA) is 47.2 Å². The predicted molar refractivity (Wildman–Crippen MR) is 73.1 cm³/mol. The Hall–Kier alpha value is -1.81. The van der Waals surface area contributed by atoms with E-state index in [0.29, 0.717) is 0 Å². The van der Waals surface area contributed by atoms with Gasteiger partial charge in [-0.25, -0.2) is 0 Å². The highest BCUT2D eigenvalue weighted by Crippen LogP contribution is 2.19. The van der Waals surface area contributed by atoms with Gasteiger partial charge in [-0.3, -0.25) is 4.79 Å². The first-order valence-corrected chi connectivity index (χ1v) is 6.78. The molecule has 0 atom stereocenters. The molecule has 1 aliphatic carbocycles. The number of pyridine rings is 1. The third-order valence-corrected chi connectivity index (χ3v) is 3.67.